The Balaban J connectivity index is 2.89. The minimum absolute atomic E-state index is 0.108. The summed E-state index contributed by atoms with van der Waals surface area (Å²) in [6.07, 6.45) is 1.66. The first-order valence-electron chi connectivity index (χ1n) is 5.94. The van der Waals surface area contributed by atoms with E-state index in [1.807, 2.05) is 13.8 Å². The second kappa shape index (κ2) is 7.00. The summed E-state index contributed by atoms with van der Waals surface area (Å²) in [5.74, 6) is -0.716. The van der Waals surface area contributed by atoms with Gasteiger partial charge in [-0.2, -0.15) is 0 Å². The lowest BCUT2D eigenvalue weighted by molar-refractivity contribution is -0.139. The van der Waals surface area contributed by atoms with Gasteiger partial charge in [0.2, 0.25) is 0 Å². The van der Waals surface area contributed by atoms with Crippen LogP contribution in [0.5, 0.6) is 0 Å². The zero-order valence-electron chi connectivity index (χ0n) is 10.4. The topological polar surface area (TPSA) is 49.3 Å². The largest absolute Gasteiger partial charge is 0.480 e. The molecule has 5 heteroatoms. The Bertz CT molecular complexity index is 421. The van der Waals surface area contributed by atoms with Gasteiger partial charge in [-0.1, -0.05) is 38.3 Å². The third kappa shape index (κ3) is 3.89. The molecule has 0 bridgehead atoms. The van der Waals surface area contributed by atoms with E-state index in [1.165, 1.54) is 0 Å². The number of aliphatic carboxylic acids is 1. The number of hydrogen-bond donors (Lipinski definition) is 2. The highest BCUT2D eigenvalue weighted by Crippen LogP contribution is 2.27. The molecule has 1 rings (SSSR count). The maximum absolute atomic E-state index is 11.3. The zero-order chi connectivity index (χ0) is 13.7. The van der Waals surface area contributed by atoms with Crippen molar-refractivity contribution in [2.75, 3.05) is 5.32 Å². The van der Waals surface area contributed by atoms with E-state index in [0.29, 0.717) is 5.02 Å². The predicted octanol–water partition coefficient (Wildman–Crippen LogP) is 4.40. The monoisotopic (exact) mass is 333 g/mol. The smallest absolute Gasteiger partial charge is 0.326 e. The van der Waals surface area contributed by atoms with E-state index in [0.717, 1.165) is 23.0 Å². The SMILES string of the molecule is CCC(CC)C(Nc1ccc(Cl)c(Br)c1)C(=O)O. The molecular formula is C13H17BrClNO2. The van der Waals surface area contributed by atoms with Crippen LogP contribution in [0.2, 0.25) is 5.02 Å². The van der Waals surface area contributed by atoms with Crippen LogP contribution in [0.25, 0.3) is 0 Å². The van der Waals surface area contributed by atoms with Crippen LogP contribution in [0.3, 0.4) is 0 Å². The molecule has 1 aromatic rings. The zero-order valence-corrected chi connectivity index (χ0v) is 12.8. The van der Waals surface area contributed by atoms with Gasteiger partial charge in [0.05, 0.1) is 5.02 Å². The second-order valence-electron chi connectivity index (χ2n) is 4.17. The van der Waals surface area contributed by atoms with E-state index in [-0.39, 0.29) is 5.92 Å². The maximum atomic E-state index is 11.3. The Labute approximate surface area is 121 Å². The van der Waals surface area contributed by atoms with Crippen LogP contribution in [0.4, 0.5) is 5.69 Å². The first-order chi connectivity index (χ1) is 8.49. The number of carbonyl (C=O) groups is 1. The minimum atomic E-state index is -0.824. The lowest BCUT2D eigenvalue weighted by Gasteiger charge is -2.23. The fourth-order valence-electron chi connectivity index (χ4n) is 1.91. The molecule has 1 aromatic carbocycles. The van der Waals surface area contributed by atoms with Gasteiger partial charge in [-0.05, 0) is 40.0 Å². The van der Waals surface area contributed by atoms with E-state index < -0.39 is 12.0 Å². The van der Waals surface area contributed by atoms with Crippen molar-refractivity contribution < 1.29 is 9.90 Å². The average molecular weight is 335 g/mol. The number of benzene rings is 1. The molecule has 0 radical (unpaired) electrons. The van der Waals surface area contributed by atoms with Gasteiger partial charge in [-0.3, -0.25) is 0 Å². The van der Waals surface area contributed by atoms with Gasteiger partial charge in [-0.25, -0.2) is 4.79 Å². The maximum Gasteiger partial charge on any atom is 0.326 e. The summed E-state index contributed by atoms with van der Waals surface area (Å²) in [5.41, 5.74) is 0.755. The average Bonchev–Trinajstić information content (AvgIpc) is 2.33. The van der Waals surface area contributed by atoms with Crippen LogP contribution in [0.15, 0.2) is 22.7 Å². The van der Waals surface area contributed by atoms with Crippen molar-refractivity contribution in [1.29, 1.82) is 0 Å². The molecule has 2 N–H and O–H groups in total. The summed E-state index contributed by atoms with van der Waals surface area (Å²) in [4.78, 5) is 11.3. The molecule has 0 saturated heterocycles. The van der Waals surface area contributed by atoms with Gasteiger partial charge in [-0.15, -0.1) is 0 Å². The van der Waals surface area contributed by atoms with Gasteiger partial charge in [0, 0.05) is 10.2 Å². The van der Waals surface area contributed by atoms with Gasteiger partial charge in [0.1, 0.15) is 6.04 Å². The summed E-state index contributed by atoms with van der Waals surface area (Å²) in [6, 6.07) is 4.74. The summed E-state index contributed by atoms with van der Waals surface area (Å²) >= 11 is 9.23. The summed E-state index contributed by atoms with van der Waals surface area (Å²) in [7, 11) is 0. The van der Waals surface area contributed by atoms with Crippen molar-refractivity contribution in [1.82, 2.24) is 0 Å². The Hall–Kier alpha value is -0.740. The van der Waals surface area contributed by atoms with Crippen molar-refractivity contribution in [3.05, 3.63) is 27.7 Å². The van der Waals surface area contributed by atoms with Crippen LogP contribution in [-0.4, -0.2) is 17.1 Å². The van der Waals surface area contributed by atoms with E-state index in [1.54, 1.807) is 18.2 Å². The van der Waals surface area contributed by atoms with Crippen molar-refractivity contribution in [2.45, 2.75) is 32.7 Å². The molecule has 1 atom stereocenters. The summed E-state index contributed by atoms with van der Waals surface area (Å²) in [6.45, 7) is 4.01. The number of halogens is 2. The highest BCUT2D eigenvalue weighted by Gasteiger charge is 2.25. The highest BCUT2D eigenvalue weighted by atomic mass is 79.9. The highest BCUT2D eigenvalue weighted by molar-refractivity contribution is 9.10. The number of hydrogen-bond acceptors (Lipinski definition) is 2. The second-order valence-corrected chi connectivity index (χ2v) is 5.43. The predicted molar refractivity (Wildman–Crippen MR) is 78.3 cm³/mol. The Morgan fingerprint density at radius 3 is 2.50 bits per heavy atom. The molecule has 0 aromatic heterocycles. The first-order valence-corrected chi connectivity index (χ1v) is 7.11. The lowest BCUT2D eigenvalue weighted by Crippen LogP contribution is -2.36. The molecule has 0 saturated carbocycles. The van der Waals surface area contributed by atoms with Gasteiger partial charge >= 0.3 is 5.97 Å². The van der Waals surface area contributed by atoms with Crippen LogP contribution in [0, 0.1) is 5.92 Å². The van der Waals surface area contributed by atoms with Crippen molar-refractivity contribution in [3.63, 3.8) is 0 Å². The molecule has 0 aliphatic heterocycles. The van der Waals surface area contributed by atoms with Crippen molar-refractivity contribution >= 4 is 39.2 Å². The van der Waals surface area contributed by atoms with E-state index in [4.69, 9.17) is 11.6 Å². The molecule has 0 aliphatic rings. The third-order valence-electron chi connectivity index (χ3n) is 3.03. The fourth-order valence-corrected chi connectivity index (χ4v) is 2.40. The lowest BCUT2D eigenvalue weighted by atomic mass is 9.94. The third-order valence-corrected chi connectivity index (χ3v) is 4.24. The van der Waals surface area contributed by atoms with Gasteiger partial charge in [0.15, 0.2) is 0 Å². The molecule has 0 amide bonds. The Morgan fingerprint density at radius 1 is 1.44 bits per heavy atom. The molecule has 100 valence electrons. The molecule has 0 heterocycles. The molecule has 18 heavy (non-hydrogen) atoms. The van der Waals surface area contributed by atoms with Gasteiger partial charge < -0.3 is 10.4 Å². The molecule has 1 unspecified atom stereocenters. The van der Waals surface area contributed by atoms with Crippen LogP contribution < -0.4 is 5.32 Å². The number of nitrogens with one attached hydrogen (secondary N) is 1. The number of anilines is 1. The number of carboxylic acid groups (broad SMARTS) is 1. The van der Waals surface area contributed by atoms with Crippen LogP contribution >= 0.6 is 27.5 Å². The van der Waals surface area contributed by atoms with Crippen molar-refractivity contribution in [2.24, 2.45) is 5.92 Å². The Kier molecular flexibility index (Phi) is 5.96. The number of rotatable bonds is 6. The summed E-state index contributed by atoms with van der Waals surface area (Å²) in [5, 5.41) is 13.0. The molecule has 3 nitrogen and oxygen atoms in total. The molecular weight excluding hydrogens is 318 g/mol. The minimum Gasteiger partial charge on any atom is -0.480 e. The number of carboxylic acids is 1. The Morgan fingerprint density at radius 2 is 2.06 bits per heavy atom. The summed E-state index contributed by atoms with van der Waals surface area (Å²) < 4.78 is 0.753. The standard InChI is InChI=1S/C13H17BrClNO2/c1-3-8(4-2)12(13(17)18)16-9-5-6-11(15)10(14)7-9/h5-8,12,16H,3-4H2,1-2H3,(H,17,18). The quantitative estimate of drug-likeness (QED) is 0.810. The first kappa shape index (κ1) is 15.3. The normalized spacial score (nSPS) is 12.5. The van der Waals surface area contributed by atoms with Crippen LogP contribution in [0.1, 0.15) is 26.7 Å². The van der Waals surface area contributed by atoms with Gasteiger partial charge in [0.25, 0.3) is 0 Å². The van der Waals surface area contributed by atoms with E-state index in [9.17, 15) is 9.90 Å². The van der Waals surface area contributed by atoms with E-state index >= 15 is 0 Å². The van der Waals surface area contributed by atoms with Crippen molar-refractivity contribution in [3.8, 4) is 0 Å². The molecule has 0 fully saturated rings. The molecule has 0 spiro atoms. The molecule has 0 aliphatic carbocycles. The van der Waals surface area contributed by atoms with E-state index in [2.05, 4.69) is 21.2 Å². The fraction of sp³-hybridized carbons (Fsp3) is 0.462. The van der Waals surface area contributed by atoms with Crippen LogP contribution in [-0.2, 0) is 4.79 Å².